The molecule has 0 bridgehead atoms. The van der Waals surface area contributed by atoms with E-state index in [0.29, 0.717) is 44.3 Å². The highest BCUT2D eigenvalue weighted by Crippen LogP contribution is 2.43. The summed E-state index contributed by atoms with van der Waals surface area (Å²) in [7, 11) is 5.18. The zero-order valence-electron chi connectivity index (χ0n) is 19.2. The maximum absolute atomic E-state index is 12.3. The number of pyridine rings is 1. The van der Waals surface area contributed by atoms with Crippen LogP contribution in [-0.4, -0.2) is 41.7 Å². The van der Waals surface area contributed by atoms with Gasteiger partial charge in [0.2, 0.25) is 5.88 Å². The number of nitrogens with zero attached hydrogens (tertiary/aromatic N) is 6. The number of methoxy groups -OCH3 is 1. The van der Waals surface area contributed by atoms with Crippen molar-refractivity contribution >= 4 is 22.5 Å². The van der Waals surface area contributed by atoms with E-state index in [-0.39, 0.29) is 0 Å². The minimum absolute atomic E-state index is 0.435. The van der Waals surface area contributed by atoms with Crippen molar-refractivity contribution in [3.05, 3.63) is 88.7 Å². The van der Waals surface area contributed by atoms with E-state index < -0.39 is 5.60 Å². The number of aryl methyl sites for hydroxylation is 2. The topological polar surface area (TPSA) is 90.9 Å². The molecule has 172 valence electrons. The third-order valence-electron chi connectivity index (χ3n) is 6.24. The van der Waals surface area contributed by atoms with Gasteiger partial charge in [-0.05, 0) is 30.2 Å². The van der Waals surface area contributed by atoms with Crippen LogP contribution in [0.5, 0.6) is 5.88 Å². The summed E-state index contributed by atoms with van der Waals surface area (Å²) in [5.74, 6) is 1.20. The largest absolute Gasteiger partial charge is 0.480 e. The maximum atomic E-state index is 12.3. The summed E-state index contributed by atoms with van der Waals surface area (Å²) >= 11 is 6.97. The summed E-state index contributed by atoms with van der Waals surface area (Å²) in [5.41, 5.74) is 2.30. The molecule has 9 heteroatoms. The van der Waals surface area contributed by atoms with Crippen molar-refractivity contribution in [2.75, 3.05) is 7.11 Å². The lowest BCUT2D eigenvalue weighted by molar-refractivity contribution is 0.108. The SMILES string of the molecule is COc1nc2ccc(C(O)(c3cnnn3C)c3cnc(C)n3C)cc2c(Cl)c1-c1ccccc1. The third-order valence-corrected chi connectivity index (χ3v) is 6.63. The van der Waals surface area contributed by atoms with Crippen LogP contribution in [0.4, 0.5) is 0 Å². The fourth-order valence-electron chi connectivity index (χ4n) is 4.31. The molecule has 5 aromatic rings. The summed E-state index contributed by atoms with van der Waals surface area (Å²) in [4.78, 5) is 9.09. The molecular weight excluding hydrogens is 452 g/mol. The van der Waals surface area contributed by atoms with E-state index in [4.69, 9.17) is 21.3 Å². The monoisotopic (exact) mass is 474 g/mol. The molecule has 34 heavy (non-hydrogen) atoms. The Balaban J connectivity index is 1.81. The molecule has 0 fully saturated rings. The number of fused-ring (bicyclic) bond motifs is 1. The minimum atomic E-state index is -1.58. The van der Waals surface area contributed by atoms with Crippen molar-refractivity contribution in [1.82, 2.24) is 29.5 Å². The standard InChI is InChI=1S/C25H23ClN6O2/c1-15-27-13-20(31(15)2)25(33,21-14-28-30-32(21)3)17-10-11-19-18(12-17)23(26)22(24(29-19)34-4)16-8-6-5-7-9-16/h5-14,33H,1-4H3. The van der Waals surface area contributed by atoms with Crippen LogP contribution in [0, 0.1) is 6.92 Å². The highest BCUT2D eigenvalue weighted by molar-refractivity contribution is 6.38. The zero-order valence-corrected chi connectivity index (χ0v) is 19.9. The van der Waals surface area contributed by atoms with E-state index in [1.54, 1.807) is 31.2 Å². The number of imidazole rings is 1. The average molecular weight is 475 g/mol. The van der Waals surface area contributed by atoms with Gasteiger partial charge in [0, 0.05) is 19.5 Å². The highest BCUT2D eigenvalue weighted by atomic mass is 35.5. The molecule has 0 saturated carbocycles. The number of hydrogen-bond acceptors (Lipinski definition) is 6. The van der Waals surface area contributed by atoms with Gasteiger partial charge in [-0.2, -0.15) is 0 Å². The normalized spacial score (nSPS) is 13.2. The molecule has 0 amide bonds. The van der Waals surface area contributed by atoms with Gasteiger partial charge in [0.05, 0.1) is 41.3 Å². The molecule has 1 N–H and O–H groups in total. The molecule has 1 unspecified atom stereocenters. The van der Waals surface area contributed by atoms with E-state index in [2.05, 4.69) is 15.3 Å². The average Bonchev–Trinajstić information content (AvgIpc) is 3.44. The second kappa shape index (κ2) is 8.23. The van der Waals surface area contributed by atoms with Crippen molar-refractivity contribution in [2.24, 2.45) is 14.1 Å². The molecule has 0 saturated heterocycles. The van der Waals surface area contributed by atoms with Gasteiger partial charge in [0.25, 0.3) is 0 Å². The Bertz CT molecular complexity index is 1510. The molecule has 3 aromatic heterocycles. The van der Waals surface area contributed by atoms with Crippen molar-refractivity contribution < 1.29 is 9.84 Å². The van der Waals surface area contributed by atoms with Gasteiger partial charge in [-0.3, -0.25) is 0 Å². The van der Waals surface area contributed by atoms with Crippen LogP contribution in [0.25, 0.3) is 22.0 Å². The minimum Gasteiger partial charge on any atom is -0.480 e. The van der Waals surface area contributed by atoms with Crippen LogP contribution in [0.2, 0.25) is 5.02 Å². The first-order valence-corrected chi connectivity index (χ1v) is 11.0. The van der Waals surface area contributed by atoms with Gasteiger partial charge >= 0.3 is 0 Å². The molecule has 0 aliphatic heterocycles. The molecule has 0 aliphatic rings. The summed E-state index contributed by atoms with van der Waals surface area (Å²) in [6.45, 7) is 1.88. The van der Waals surface area contributed by atoms with Crippen LogP contribution in [0.1, 0.15) is 22.8 Å². The summed E-state index contributed by atoms with van der Waals surface area (Å²) in [6.07, 6.45) is 3.21. The number of benzene rings is 2. The molecule has 0 aliphatic carbocycles. The predicted molar refractivity (Wildman–Crippen MR) is 130 cm³/mol. The number of aromatic nitrogens is 6. The summed E-state index contributed by atoms with van der Waals surface area (Å²) < 4.78 is 8.97. The quantitative estimate of drug-likeness (QED) is 0.413. The first kappa shape index (κ1) is 22.1. The van der Waals surface area contributed by atoms with E-state index in [1.165, 1.54) is 0 Å². The number of halogens is 1. The molecule has 3 heterocycles. The van der Waals surface area contributed by atoms with Crippen molar-refractivity contribution in [1.29, 1.82) is 0 Å². The van der Waals surface area contributed by atoms with Gasteiger partial charge in [0.1, 0.15) is 11.5 Å². The van der Waals surface area contributed by atoms with Crippen molar-refractivity contribution in [3.8, 4) is 17.0 Å². The highest BCUT2D eigenvalue weighted by Gasteiger charge is 2.40. The molecule has 2 aromatic carbocycles. The third kappa shape index (κ3) is 3.26. The van der Waals surface area contributed by atoms with Crippen LogP contribution >= 0.6 is 11.6 Å². The molecular formula is C25H23ClN6O2. The molecule has 1 atom stereocenters. The van der Waals surface area contributed by atoms with Gasteiger partial charge in [-0.15, -0.1) is 5.10 Å². The van der Waals surface area contributed by atoms with Gasteiger partial charge in [-0.1, -0.05) is 53.2 Å². The van der Waals surface area contributed by atoms with E-state index in [9.17, 15) is 5.11 Å². The Morgan fingerprint density at radius 3 is 2.41 bits per heavy atom. The Morgan fingerprint density at radius 2 is 1.79 bits per heavy atom. The van der Waals surface area contributed by atoms with Crippen LogP contribution in [0.3, 0.4) is 0 Å². The van der Waals surface area contributed by atoms with Crippen LogP contribution < -0.4 is 4.74 Å². The number of ether oxygens (including phenoxy) is 1. The number of rotatable bonds is 5. The zero-order chi connectivity index (χ0) is 24.0. The van der Waals surface area contributed by atoms with Crippen molar-refractivity contribution in [3.63, 3.8) is 0 Å². The Labute approximate surface area is 201 Å². The van der Waals surface area contributed by atoms with E-state index >= 15 is 0 Å². The molecule has 8 nitrogen and oxygen atoms in total. The van der Waals surface area contributed by atoms with E-state index in [1.807, 2.05) is 67.1 Å². The smallest absolute Gasteiger partial charge is 0.223 e. The fraction of sp³-hybridized carbons (Fsp3) is 0.200. The first-order valence-electron chi connectivity index (χ1n) is 10.7. The second-order valence-corrected chi connectivity index (χ2v) is 8.49. The Kier molecular flexibility index (Phi) is 5.34. The fourth-order valence-corrected chi connectivity index (χ4v) is 4.65. The van der Waals surface area contributed by atoms with Gasteiger partial charge in [0.15, 0.2) is 5.60 Å². The van der Waals surface area contributed by atoms with E-state index in [0.717, 1.165) is 11.4 Å². The van der Waals surface area contributed by atoms with Crippen LogP contribution in [-0.2, 0) is 19.7 Å². The first-order chi connectivity index (χ1) is 16.4. The van der Waals surface area contributed by atoms with Gasteiger partial charge < -0.3 is 14.4 Å². The Hall–Kier alpha value is -3.75. The molecule has 0 spiro atoms. The van der Waals surface area contributed by atoms with Gasteiger partial charge in [-0.25, -0.2) is 14.6 Å². The molecule has 5 rings (SSSR count). The lowest BCUT2D eigenvalue weighted by Gasteiger charge is -2.29. The lowest BCUT2D eigenvalue weighted by Crippen LogP contribution is -2.33. The van der Waals surface area contributed by atoms with Crippen LogP contribution in [0.15, 0.2) is 60.9 Å². The maximum Gasteiger partial charge on any atom is 0.223 e. The molecule has 0 radical (unpaired) electrons. The van der Waals surface area contributed by atoms with Crippen molar-refractivity contribution in [2.45, 2.75) is 12.5 Å². The predicted octanol–water partition coefficient (Wildman–Crippen LogP) is 4.02. The summed E-state index contributed by atoms with van der Waals surface area (Å²) in [5, 5.41) is 21.5. The second-order valence-electron chi connectivity index (χ2n) is 8.11. The number of aliphatic hydroxyl groups is 1. The Morgan fingerprint density at radius 1 is 1.03 bits per heavy atom. The summed E-state index contributed by atoms with van der Waals surface area (Å²) in [6, 6.07) is 15.2. The number of hydrogen-bond donors (Lipinski definition) is 1. The lowest BCUT2D eigenvalue weighted by atomic mass is 9.86.